The first-order valence-electron chi connectivity index (χ1n) is 5.79. The highest BCUT2D eigenvalue weighted by Crippen LogP contribution is 2.47. The summed E-state index contributed by atoms with van der Waals surface area (Å²) in [5, 5.41) is 2.82. The van der Waals surface area contributed by atoms with Gasteiger partial charge in [0.05, 0.1) is 5.56 Å². The van der Waals surface area contributed by atoms with Gasteiger partial charge in [-0.25, -0.2) is 4.39 Å². The molecular formula is C13H15BrFNO. The molecule has 1 fully saturated rings. The lowest BCUT2D eigenvalue weighted by Gasteiger charge is -2.13. The third kappa shape index (κ3) is 2.86. The van der Waals surface area contributed by atoms with Crippen molar-refractivity contribution in [1.82, 2.24) is 5.32 Å². The van der Waals surface area contributed by atoms with Gasteiger partial charge >= 0.3 is 0 Å². The van der Waals surface area contributed by atoms with Crippen LogP contribution in [0.2, 0.25) is 0 Å². The summed E-state index contributed by atoms with van der Waals surface area (Å²) >= 11 is 3.23. The lowest BCUT2D eigenvalue weighted by atomic mass is 10.0. The maximum atomic E-state index is 13.5. The minimum atomic E-state index is -0.480. The summed E-state index contributed by atoms with van der Waals surface area (Å²) in [5.41, 5.74) is 0.379. The van der Waals surface area contributed by atoms with Gasteiger partial charge in [-0.1, -0.05) is 22.9 Å². The first-order valence-corrected chi connectivity index (χ1v) is 6.59. The molecule has 2 rings (SSSR count). The number of hydrogen-bond donors (Lipinski definition) is 1. The van der Waals surface area contributed by atoms with Crippen LogP contribution in [0.25, 0.3) is 0 Å². The molecule has 0 heterocycles. The Kier molecular flexibility index (Phi) is 3.52. The zero-order valence-corrected chi connectivity index (χ0v) is 11.3. The van der Waals surface area contributed by atoms with E-state index in [2.05, 4.69) is 28.2 Å². The smallest absolute Gasteiger partial charge is 0.254 e. The van der Waals surface area contributed by atoms with E-state index in [0.717, 1.165) is 19.3 Å². The standard InChI is InChI=1S/C13H15BrFNO/c1-2-13(5-6-13)8-16-12(17)10-7-9(14)3-4-11(10)15/h3-4,7H,2,5-6,8H2,1H3,(H,16,17). The fourth-order valence-electron chi connectivity index (χ4n) is 1.87. The van der Waals surface area contributed by atoms with Crippen molar-refractivity contribution in [2.45, 2.75) is 26.2 Å². The second-order valence-corrected chi connectivity index (χ2v) is 5.58. The predicted octanol–water partition coefficient (Wildman–Crippen LogP) is 3.51. The Hall–Kier alpha value is -0.900. The Morgan fingerprint density at radius 2 is 2.24 bits per heavy atom. The Balaban J connectivity index is 2.02. The normalized spacial score (nSPS) is 16.6. The van der Waals surface area contributed by atoms with Crippen molar-refractivity contribution in [1.29, 1.82) is 0 Å². The van der Waals surface area contributed by atoms with E-state index in [1.165, 1.54) is 12.1 Å². The molecule has 1 amide bonds. The molecule has 0 unspecified atom stereocenters. The van der Waals surface area contributed by atoms with E-state index in [4.69, 9.17) is 0 Å². The molecule has 1 aromatic carbocycles. The Labute approximate surface area is 109 Å². The molecule has 4 heteroatoms. The molecular weight excluding hydrogens is 285 g/mol. The number of hydrogen-bond acceptors (Lipinski definition) is 1. The second-order valence-electron chi connectivity index (χ2n) is 4.66. The minimum absolute atomic E-state index is 0.103. The van der Waals surface area contributed by atoms with Gasteiger partial charge in [-0.3, -0.25) is 4.79 Å². The average Bonchev–Trinajstić information content (AvgIpc) is 3.10. The quantitative estimate of drug-likeness (QED) is 0.906. The summed E-state index contributed by atoms with van der Waals surface area (Å²) in [6, 6.07) is 4.39. The summed E-state index contributed by atoms with van der Waals surface area (Å²) in [5.74, 6) is -0.810. The largest absolute Gasteiger partial charge is 0.351 e. The fourth-order valence-corrected chi connectivity index (χ4v) is 2.23. The van der Waals surface area contributed by atoms with Crippen LogP contribution >= 0.6 is 15.9 Å². The summed E-state index contributed by atoms with van der Waals surface area (Å²) in [6.07, 6.45) is 3.38. The molecule has 0 aliphatic heterocycles. The van der Waals surface area contributed by atoms with E-state index in [9.17, 15) is 9.18 Å². The first-order chi connectivity index (χ1) is 8.06. The molecule has 0 bridgehead atoms. The molecule has 1 aliphatic carbocycles. The van der Waals surface area contributed by atoms with E-state index >= 15 is 0 Å². The van der Waals surface area contributed by atoms with Crippen LogP contribution in [0, 0.1) is 11.2 Å². The molecule has 92 valence electrons. The molecule has 1 aliphatic rings. The number of rotatable bonds is 4. The molecule has 1 aromatic rings. The lowest BCUT2D eigenvalue weighted by Crippen LogP contribution is -2.30. The van der Waals surface area contributed by atoms with Crippen molar-refractivity contribution in [3.63, 3.8) is 0 Å². The summed E-state index contributed by atoms with van der Waals surface area (Å²) in [6.45, 7) is 2.77. The van der Waals surface area contributed by atoms with Crippen LogP contribution in [0.15, 0.2) is 22.7 Å². The summed E-state index contributed by atoms with van der Waals surface area (Å²) in [7, 11) is 0. The van der Waals surface area contributed by atoms with Crippen LogP contribution in [0.1, 0.15) is 36.5 Å². The van der Waals surface area contributed by atoms with Gasteiger partial charge < -0.3 is 5.32 Å². The van der Waals surface area contributed by atoms with E-state index in [1.807, 2.05) is 0 Å². The van der Waals surface area contributed by atoms with Gasteiger partial charge in [0, 0.05) is 11.0 Å². The topological polar surface area (TPSA) is 29.1 Å². The van der Waals surface area contributed by atoms with Crippen molar-refractivity contribution in [3.05, 3.63) is 34.1 Å². The van der Waals surface area contributed by atoms with Gasteiger partial charge in [-0.2, -0.15) is 0 Å². The number of nitrogens with one attached hydrogen (secondary N) is 1. The van der Waals surface area contributed by atoms with E-state index < -0.39 is 5.82 Å². The SMILES string of the molecule is CCC1(CNC(=O)c2cc(Br)ccc2F)CC1. The van der Waals surface area contributed by atoms with Gasteiger partial charge in [0.15, 0.2) is 0 Å². The third-order valence-corrected chi connectivity index (χ3v) is 4.00. The minimum Gasteiger partial charge on any atom is -0.351 e. The molecule has 1 N–H and O–H groups in total. The second kappa shape index (κ2) is 4.77. The van der Waals surface area contributed by atoms with Crippen molar-refractivity contribution in [3.8, 4) is 0 Å². The van der Waals surface area contributed by atoms with Gasteiger partial charge in [0.1, 0.15) is 5.82 Å². The highest BCUT2D eigenvalue weighted by molar-refractivity contribution is 9.10. The van der Waals surface area contributed by atoms with Crippen LogP contribution < -0.4 is 5.32 Å². The zero-order chi connectivity index (χ0) is 12.5. The number of halogens is 2. The molecule has 0 aromatic heterocycles. The van der Waals surface area contributed by atoms with Crippen LogP contribution in [-0.2, 0) is 0 Å². The number of carbonyl (C=O) groups is 1. The molecule has 0 radical (unpaired) electrons. The molecule has 17 heavy (non-hydrogen) atoms. The maximum absolute atomic E-state index is 13.5. The Morgan fingerprint density at radius 1 is 1.53 bits per heavy atom. The van der Waals surface area contributed by atoms with Crippen LogP contribution in [0.5, 0.6) is 0 Å². The summed E-state index contributed by atoms with van der Waals surface area (Å²) in [4.78, 5) is 11.8. The van der Waals surface area contributed by atoms with Crippen LogP contribution in [-0.4, -0.2) is 12.5 Å². The van der Waals surface area contributed by atoms with Crippen molar-refractivity contribution in [2.24, 2.45) is 5.41 Å². The van der Waals surface area contributed by atoms with Gasteiger partial charge in [-0.15, -0.1) is 0 Å². The van der Waals surface area contributed by atoms with E-state index in [-0.39, 0.29) is 16.9 Å². The van der Waals surface area contributed by atoms with Crippen molar-refractivity contribution >= 4 is 21.8 Å². The number of benzene rings is 1. The lowest BCUT2D eigenvalue weighted by molar-refractivity contribution is 0.0940. The summed E-state index contributed by atoms with van der Waals surface area (Å²) < 4.78 is 14.2. The highest BCUT2D eigenvalue weighted by atomic mass is 79.9. The van der Waals surface area contributed by atoms with Crippen molar-refractivity contribution in [2.75, 3.05) is 6.54 Å². The molecule has 0 atom stereocenters. The van der Waals surface area contributed by atoms with Crippen molar-refractivity contribution < 1.29 is 9.18 Å². The van der Waals surface area contributed by atoms with Crippen LogP contribution in [0.4, 0.5) is 4.39 Å². The highest BCUT2D eigenvalue weighted by Gasteiger charge is 2.40. The predicted molar refractivity (Wildman–Crippen MR) is 68.4 cm³/mol. The van der Waals surface area contributed by atoms with E-state index in [1.54, 1.807) is 6.07 Å². The molecule has 0 spiro atoms. The van der Waals surface area contributed by atoms with Gasteiger partial charge in [0.25, 0.3) is 5.91 Å². The monoisotopic (exact) mass is 299 g/mol. The van der Waals surface area contributed by atoms with E-state index in [0.29, 0.717) is 11.0 Å². The molecule has 1 saturated carbocycles. The first kappa shape index (κ1) is 12.6. The Bertz CT molecular complexity index is 443. The van der Waals surface area contributed by atoms with Crippen LogP contribution in [0.3, 0.4) is 0 Å². The maximum Gasteiger partial charge on any atom is 0.254 e. The van der Waals surface area contributed by atoms with Gasteiger partial charge in [-0.05, 0) is 42.9 Å². The molecule has 0 saturated heterocycles. The van der Waals surface area contributed by atoms with Gasteiger partial charge in [0.2, 0.25) is 0 Å². The number of amides is 1. The zero-order valence-electron chi connectivity index (χ0n) is 9.72. The third-order valence-electron chi connectivity index (χ3n) is 3.50. The Morgan fingerprint density at radius 3 is 2.82 bits per heavy atom. The fraction of sp³-hybridized carbons (Fsp3) is 0.462. The molecule has 2 nitrogen and oxygen atoms in total. The number of carbonyl (C=O) groups excluding carboxylic acids is 1. The average molecular weight is 300 g/mol.